The molecule has 1 saturated carbocycles. The van der Waals surface area contributed by atoms with E-state index in [1.807, 2.05) is 12.4 Å². The maximum absolute atomic E-state index is 4.41. The van der Waals surface area contributed by atoms with Crippen LogP contribution in [0.2, 0.25) is 0 Å². The average Bonchev–Trinajstić information content (AvgIpc) is 3.07. The van der Waals surface area contributed by atoms with Gasteiger partial charge in [-0.05, 0) is 103 Å². The van der Waals surface area contributed by atoms with Gasteiger partial charge in [0.25, 0.3) is 0 Å². The molecule has 1 heterocycles. The first kappa shape index (κ1) is 25.9. The van der Waals surface area contributed by atoms with Crippen LogP contribution in [0.15, 0.2) is 128 Å². The van der Waals surface area contributed by atoms with Gasteiger partial charge in [-0.15, -0.1) is 0 Å². The van der Waals surface area contributed by atoms with Gasteiger partial charge in [0.05, 0.1) is 0 Å². The zero-order valence-electron chi connectivity index (χ0n) is 24.7. The van der Waals surface area contributed by atoms with Crippen LogP contribution in [-0.4, -0.2) is 4.98 Å². The topological polar surface area (TPSA) is 12.9 Å². The van der Waals surface area contributed by atoms with Crippen molar-refractivity contribution in [2.24, 2.45) is 0 Å². The molecule has 0 aliphatic heterocycles. The van der Waals surface area contributed by atoms with E-state index in [0.29, 0.717) is 5.92 Å². The van der Waals surface area contributed by atoms with Gasteiger partial charge in [0.2, 0.25) is 0 Å². The predicted molar refractivity (Wildman–Crippen MR) is 184 cm³/mol. The number of aromatic nitrogens is 1. The highest BCUT2D eigenvalue weighted by atomic mass is 14.6. The van der Waals surface area contributed by atoms with Crippen LogP contribution >= 0.6 is 0 Å². The van der Waals surface area contributed by atoms with E-state index in [9.17, 15) is 0 Å². The summed E-state index contributed by atoms with van der Waals surface area (Å²) in [5, 5.41) is 7.98. The maximum Gasteiger partial charge on any atom is 0.0346 e. The molecule has 7 aromatic rings. The largest absolute Gasteiger partial charge is 0.264 e. The molecule has 1 nitrogen and oxygen atoms in total. The summed E-state index contributed by atoms with van der Waals surface area (Å²) in [5.74, 6) is 0.669. The molecule has 0 spiro atoms. The monoisotopic (exact) mass is 553 g/mol. The molecule has 208 valence electrons. The van der Waals surface area contributed by atoms with E-state index in [0.717, 1.165) is 5.56 Å². The van der Waals surface area contributed by atoms with E-state index in [4.69, 9.17) is 0 Å². The summed E-state index contributed by atoms with van der Waals surface area (Å²) in [7, 11) is 0. The molecule has 1 aromatic heterocycles. The Bertz CT molecular complexity index is 2060. The Labute approximate surface area is 253 Å². The fourth-order valence-electron chi connectivity index (χ4n) is 7.59. The number of hydrogen-bond acceptors (Lipinski definition) is 1. The summed E-state index contributed by atoms with van der Waals surface area (Å²) in [6.45, 7) is 2.09. The quantitative estimate of drug-likeness (QED) is 0.198. The molecule has 0 amide bonds. The summed E-state index contributed by atoms with van der Waals surface area (Å²) < 4.78 is 0. The molecule has 1 heteroatoms. The number of nitrogens with zero attached hydrogens (tertiary/aromatic N) is 1. The van der Waals surface area contributed by atoms with Crippen molar-refractivity contribution >= 4 is 32.3 Å². The van der Waals surface area contributed by atoms with Gasteiger partial charge in [0.1, 0.15) is 0 Å². The van der Waals surface area contributed by atoms with Crippen LogP contribution in [0.4, 0.5) is 0 Å². The number of rotatable bonds is 4. The molecule has 1 aliphatic rings. The molecular weight excluding hydrogens is 518 g/mol. The van der Waals surface area contributed by atoms with Crippen LogP contribution in [0, 0.1) is 6.92 Å². The van der Waals surface area contributed by atoms with Crippen molar-refractivity contribution < 1.29 is 0 Å². The van der Waals surface area contributed by atoms with Crippen LogP contribution in [-0.2, 0) is 0 Å². The SMILES string of the molecule is Cc1cncc(-c2ccc(-c3c4ccccc4c(-c4cccc5c(C6CCCCC6)cccc45)c4ccccc34)cc2)c1. The smallest absolute Gasteiger partial charge is 0.0346 e. The van der Waals surface area contributed by atoms with Crippen molar-refractivity contribution in [3.8, 4) is 33.4 Å². The van der Waals surface area contributed by atoms with E-state index < -0.39 is 0 Å². The second-order valence-corrected chi connectivity index (χ2v) is 12.3. The molecule has 0 atom stereocenters. The highest BCUT2D eigenvalue weighted by Gasteiger charge is 2.21. The number of benzene rings is 6. The first-order valence-corrected chi connectivity index (χ1v) is 15.7. The zero-order valence-corrected chi connectivity index (χ0v) is 24.7. The van der Waals surface area contributed by atoms with Gasteiger partial charge >= 0.3 is 0 Å². The van der Waals surface area contributed by atoms with Crippen molar-refractivity contribution in [1.29, 1.82) is 0 Å². The summed E-state index contributed by atoms with van der Waals surface area (Å²) >= 11 is 0. The van der Waals surface area contributed by atoms with Crippen molar-refractivity contribution in [3.63, 3.8) is 0 Å². The fourth-order valence-corrected chi connectivity index (χ4v) is 7.59. The van der Waals surface area contributed by atoms with Crippen molar-refractivity contribution in [3.05, 3.63) is 139 Å². The van der Waals surface area contributed by atoms with Gasteiger partial charge in [0, 0.05) is 18.0 Å². The lowest BCUT2D eigenvalue weighted by Crippen LogP contribution is -2.05. The van der Waals surface area contributed by atoms with Crippen LogP contribution in [0.25, 0.3) is 65.7 Å². The fraction of sp³-hybridized carbons (Fsp3) is 0.167. The van der Waals surface area contributed by atoms with Crippen LogP contribution in [0.3, 0.4) is 0 Å². The molecule has 0 N–H and O–H groups in total. The van der Waals surface area contributed by atoms with Crippen molar-refractivity contribution in [1.82, 2.24) is 4.98 Å². The highest BCUT2D eigenvalue weighted by molar-refractivity contribution is 6.23. The van der Waals surface area contributed by atoms with Crippen LogP contribution < -0.4 is 0 Å². The lowest BCUT2D eigenvalue weighted by molar-refractivity contribution is 0.445. The molecule has 8 rings (SSSR count). The summed E-state index contributed by atoms with van der Waals surface area (Å²) in [4.78, 5) is 4.41. The first-order chi connectivity index (χ1) is 21.3. The lowest BCUT2D eigenvalue weighted by atomic mass is 9.80. The number of hydrogen-bond donors (Lipinski definition) is 0. The van der Waals surface area contributed by atoms with Crippen molar-refractivity contribution in [2.75, 3.05) is 0 Å². The molecule has 6 aromatic carbocycles. The molecule has 1 fully saturated rings. The third-order valence-corrected chi connectivity index (χ3v) is 9.58. The molecule has 0 radical (unpaired) electrons. The minimum atomic E-state index is 0.669. The van der Waals surface area contributed by atoms with Crippen LogP contribution in [0.5, 0.6) is 0 Å². The highest BCUT2D eigenvalue weighted by Crippen LogP contribution is 2.46. The number of aryl methyl sites for hydroxylation is 1. The summed E-state index contributed by atoms with van der Waals surface area (Å²) in [6.07, 6.45) is 10.5. The van der Waals surface area contributed by atoms with Gasteiger partial charge in [-0.2, -0.15) is 0 Å². The Balaban J connectivity index is 1.36. The normalized spacial score (nSPS) is 14.1. The van der Waals surface area contributed by atoms with Gasteiger partial charge in [-0.25, -0.2) is 0 Å². The Morgan fingerprint density at radius 2 is 1.07 bits per heavy atom. The van der Waals surface area contributed by atoms with E-state index in [2.05, 4.69) is 127 Å². The van der Waals surface area contributed by atoms with E-state index >= 15 is 0 Å². The Kier molecular flexibility index (Phi) is 6.52. The average molecular weight is 554 g/mol. The molecule has 0 saturated heterocycles. The second kappa shape index (κ2) is 10.8. The Hall–Kier alpha value is -4.75. The van der Waals surface area contributed by atoms with E-state index in [1.165, 1.54) is 103 Å². The van der Waals surface area contributed by atoms with Crippen LogP contribution in [0.1, 0.15) is 49.1 Å². The summed E-state index contributed by atoms with van der Waals surface area (Å²) in [5.41, 5.74) is 10.3. The van der Waals surface area contributed by atoms with Gasteiger partial charge in [-0.1, -0.05) is 128 Å². The maximum atomic E-state index is 4.41. The number of pyridine rings is 1. The minimum absolute atomic E-state index is 0.669. The van der Waals surface area contributed by atoms with Crippen molar-refractivity contribution in [2.45, 2.75) is 44.9 Å². The molecular formula is C42H35N. The van der Waals surface area contributed by atoms with E-state index in [-0.39, 0.29) is 0 Å². The third-order valence-electron chi connectivity index (χ3n) is 9.58. The van der Waals surface area contributed by atoms with Gasteiger partial charge in [0.15, 0.2) is 0 Å². The standard InChI is InChI=1S/C42H35N/c1-28-25-32(27-43-26-28)29-21-23-31(24-22-29)41-37-13-5-7-15-39(37)42(40-16-8-6-14-38(40)41)36-20-10-18-34-33(17-9-19-35(34)36)30-11-3-2-4-12-30/h5-10,13-27,30H,2-4,11-12H2,1H3. The lowest BCUT2D eigenvalue weighted by Gasteiger charge is -2.24. The molecule has 1 aliphatic carbocycles. The Morgan fingerprint density at radius 3 is 1.74 bits per heavy atom. The third kappa shape index (κ3) is 4.51. The second-order valence-electron chi connectivity index (χ2n) is 12.3. The number of fused-ring (bicyclic) bond motifs is 3. The minimum Gasteiger partial charge on any atom is -0.264 e. The Morgan fingerprint density at radius 1 is 0.488 bits per heavy atom. The predicted octanol–water partition coefficient (Wildman–Crippen LogP) is 11.9. The van der Waals surface area contributed by atoms with Gasteiger partial charge in [-0.3, -0.25) is 4.98 Å². The van der Waals surface area contributed by atoms with Gasteiger partial charge < -0.3 is 0 Å². The molecule has 43 heavy (non-hydrogen) atoms. The summed E-state index contributed by atoms with van der Waals surface area (Å²) in [6, 6.07) is 43.2. The first-order valence-electron chi connectivity index (χ1n) is 15.7. The molecule has 0 bridgehead atoms. The zero-order chi connectivity index (χ0) is 28.8. The van der Waals surface area contributed by atoms with E-state index in [1.54, 1.807) is 0 Å². The molecule has 0 unspecified atom stereocenters.